The molecule has 1 heterocycles. The molecule has 1 rings (SSSR count). The molecule has 0 aliphatic carbocycles. The van der Waals surface area contributed by atoms with Crippen molar-refractivity contribution in [1.82, 2.24) is 4.98 Å². The summed E-state index contributed by atoms with van der Waals surface area (Å²) in [6, 6.07) is 1.11. The summed E-state index contributed by atoms with van der Waals surface area (Å²) in [5.74, 6) is -0.609. The maximum atomic E-state index is 12.0. The normalized spacial score (nSPS) is 11.6. The zero-order valence-corrected chi connectivity index (χ0v) is 8.51. The number of aliphatic hydroxyl groups excluding tert-OH is 1. The van der Waals surface area contributed by atoms with E-state index in [9.17, 15) is 13.2 Å². The number of halogens is 3. The van der Waals surface area contributed by atoms with Gasteiger partial charge in [-0.3, -0.25) is 0 Å². The summed E-state index contributed by atoms with van der Waals surface area (Å²) < 4.78 is 39.5. The summed E-state index contributed by atoms with van der Waals surface area (Å²) in [7, 11) is 0. The van der Waals surface area contributed by atoms with Gasteiger partial charge in [-0.2, -0.15) is 0 Å². The van der Waals surface area contributed by atoms with Gasteiger partial charge in [0.1, 0.15) is 0 Å². The summed E-state index contributed by atoms with van der Waals surface area (Å²) in [5, 5.41) is 8.92. The smallest absolute Gasteiger partial charge is 0.390 e. The molecule has 4 nitrogen and oxygen atoms in total. The first-order valence-electron chi connectivity index (χ1n) is 4.43. The molecule has 0 saturated carbocycles. The number of aromatic nitrogens is 1. The molecule has 3 N–H and O–H groups in total. The molecule has 0 saturated heterocycles. The highest BCUT2D eigenvalue weighted by Gasteiger charge is 2.32. The van der Waals surface area contributed by atoms with Gasteiger partial charge in [-0.05, 0) is 18.1 Å². The fourth-order valence-corrected chi connectivity index (χ4v) is 1.23. The first-order valence-corrected chi connectivity index (χ1v) is 4.43. The van der Waals surface area contributed by atoms with E-state index < -0.39 is 18.8 Å². The van der Waals surface area contributed by atoms with Crippen LogP contribution < -0.4 is 10.5 Å². The van der Waals surface area contributed by atoms with E-state index in [0.717, 1.165) is 6.07 Å². The highest BCUT2D eigenvalue weighted by Crippen LogP contribution is 2.24. The molecule has 0 bridgehead atoms. The molecule has 0 fully saturated rings. The topological polar surface area (TPSA) is 68.4 Å². The van der Waals surface area contributed by atoms with Crippen LogP contribution in [0.15, 0.2) is 6.07 Å². The third-order valence-corrected chi connectivity index (χ3v) is 2.05. The third-order valence-electron chi connectivity index (χ3n) is 2.05. The molecule has 0 unspecified atom stereocenters. The molecule has 7 heteroatoms. The maximum absolute atomic E-state index is 12.0. The van der Waals surface area contributed by atoms with E-state index in [0.29, 0.717) is 11.1 Å². The van der Waals surface area contributed by atoms with Crippen LogP contribution in [0.25, 0.3) is 0 Å². The van der Waals surface area contributed by atoms with Crippen molar-refractivity contribution in [2.45, 2.75) is 26.4 Å². The average molecular weight is 236 g/mol. The van der Waals surface area contributed by atoms with Crippen molar-refractivity contribution in [3.8, 4) is 5.88 Å². The largest absolute Gasteiger partial charge is 0.574 e. The fourth-order valence-electron chi connectivity index (χ4n) is 1.23. The second kappa shape index (κ2) is 4.67. The zero-order chi connectivity index (χ0) is 12.3. The molecule has 0 atom stereocenters. The van der Waals surface area contributed by atoms with Gasteiger partial charge in [0.2, 0.25) is 5.88 Å². The minimum atomic E-state index is -4.80. The molecule has 0 aliphatic heterocycles. The molecule has 0 radical (unpaired) electrons. The maximum Gasteiger partial charge on any atom is 0.574 e. The van der Waals surface area contributed by atoms with Crippen LogP contribution in [0.3, 0.4) is 0 Å². The lowest BCUT2D eigenvalue weighted by Crippen LogP contribution is -2.19. The van der Waals surface area contributed by atoms with Crippen molar-refractivity contribution in [1.29, 1.82) is 0 Å². The van der Waals surface area contributed by atoms with Crippen LogP contribution >= 0.6 is 0 Å². The van der Waals surface area contributed by atoms with Gasteiger partial charge in [0.15, 0.2) is 0 Å². The van der Waals surface area contributed by atoms with E-state index in [1.165, 1.54) is 0 Å². The lowest BCUT2D eigenvalue weighted by Gasteiger charge is -2.12. The molecule has 16 heavy (non-hydrogen) atoms. The summed E-state index contributed by atoms with van der Waals surface area (Å²) in [6.45, 7) is 1.21. The number of alkyl halides is 3. The quantitative estimate of drug-likeness (QED) is 0.828. The van der Waals surface area contributed by atoms with E-state index in [1.54, 1.807) is 6.92 Å². The summed E-state index contributed by atoms with van der Waals surface area (Å²) in [5.41, 5.74) is 6.51. The molecule has 0 amide bonds. The molecule has 0 aromatic carbocycles. The molecule has 1 aromatic heterocycles. The minimum Gasteiger partial charge on any atom is -0.390 e. The number of hydrogen-bond acceptors (Lipinski definition) is 4. The summed E-state index contributed by atoms with van der Waals surface area (Å²) in [4.78, 5) is 3.54. The first-order chi connectivity index (χ1) is 7.37. The number of rotatable bonds is 3. The predicted octanol–water partition coefficient (Wildman–Crippen LogP) is 1.24. The molecule has 0 spiro atoms. The fraction of sp³-hybridized carbons (Fsp3) is 0.444. The SMILES string of the molecule is Cc1c(CN)cc(OC(F)(F)F)nc1CO. The van der Waals surface area contributed by atoms with Crippen molar-refractivity contribution in [3.63, 3.8) is 0 Å². The van der Waals surface area contributed by atoms with Gasteiger partial charge in [-0.15, -0.1) is 13.2 Å². The van der Waals surface area contributed by atoms with Gasteiger partial charge in [0.05, 0.1) is 12.3 Å². The lowest BCUT2D eigenvalue weighted by molar-refractivity contribution is -0.276. The van der Waals surface area contributed by atoms with Gasteiger partial charge in [0.25, 0.3) is 0 Å². The van der Waals surface area contributed by atoms with E-state index in [2.05, 4.69) is 9.72 Å². The predicted molar refractivity (Wildman–Crippen MR) is 49.5 cm³/mol. The summed E-state index contributed by atoms with van der Waals surface area (Å²) >= 11 is 0. The summed E-state index contributed by atoms with van der Waals surface area (Å²) in [6.07, 6.45) is -4.80. The highest BCUT2D eigenvalue weighted by molar-refractivity contribution is 5.33. The Morgan fingerprint density at radius 3 is 2.56 bits per heavy atom. The van der Waals surface area contributed by atoms with Crippen LogP contribution in [0.2, 0.25) is 0 Å². The Kier molecular flexibility index (Phi) is 3.71. The number of hydrogen-bond donors (Lipinski definition) is 2. The highest BCUT2D eigenvalue weighted by atomic mass is 19.4. The third kappa shape index (κ3) is 3.07. The average Bonchev–Trinajstić information content (AvgIpc) is 2.18. The van der Waals surface area contributed by atoms with Crippen LogP contribution in [-0.2, 0) is 13.2 Å². The van der Waals surface area contributed by atoms with Crippen LogP contribution in [0.4, 0.5) is 13.2 Å². The number of pyridine rings is 1. The Morgan fingerprint density at radius 1 is 1.50 bits per heavy atom. The molecule has 0 aliphatic rings. The number of nitrogens with two attached hydrogens (primary N) is 1. The van der Waals surface area contributed by atoms with Gasteiger partial charge in [-0.25, -0.2) is 4.98 Å². The number of aliphatic hydroxyl groups is 1. The van der Waals surface area contributed by atoms with Gasteiger partial charge in [-0.1, -0.05) is 0 Å². The lowest BCUT2D eigenvalue weighted by atomic mass is 10.1. The van der Waals surface area contributed by atoms with Crippen molar-refractivity contribution >= 4 is 0 Å². The minimum absolute atomic E-state index is 0.0512. The Labute approximate surface area is 89.9 Å². The van der Waals surface area contributed by atoms with Crippen LogP contribution in [0.1, 0.15) is 16.8 Å². The first kappa shape index (κ1) is 12.7. The van der Waals surface area contributed by atoms with E-state index in [1.807, 2.05) is 0 Å². The second-order valence-corrected chi connectivity index (χ2v) is 3.10. The van der Waals surface area contributed by atoms with Crippen LogP contribution in [-0.4, -0.2) is 16.5 Å². The second-order valence-electron chi connectivity index (χ2n) is 3.10. The Morgan fingerprint density at radius 2 is 2.12 bits per heavy atom. The monoisotopic (exact) mass is 236 g/mol. The van der Waals surface area contributed by atoms with Crippen molar-refractivity contribution in [2.24, 2.45) is 5.73 Å². The van der Waals surface area contributed by atoms with E-state index >= 15 is 0 Å². The standard InChI is InChI=1S/C9H11F3N2O2/c1-5-6(3-13)2-8(14-7(5)4-15)16-9(10,11)12/h2,15H,3-4,13H2,1H3. The zero-order valence-electron chi connectivity index (χ0n) is 8.51. The van der Waals surface area contributed by atoms with Crippen molar-refractivity contribution < 1.29 is 23.0 Å². The molecular formula is C9H11F3N2O2. The number of nitrogens with zero attached hydrogens (tertiary/aromatic N) is 1. The van der Waals surface area contributed by atoms with Crippen LogP contribution in [0, 0.1) is 6.92 Å². The molecule has 90 valence electrons. The van der Waals surface area contributed by atoms with Gasteiger partial charge in [0, 0.05) is 12.6 Å². The van der Waals surface area contributed by atoms with Gasteiger partial charge >= 0.3 is 6.36 Å². The van der Waals surface area contributed by atoms with Gasteiger partial charge < -0.3 is 15.6 Å². The van der Waals surface area contributed by atoms with Crippen molar-refractivity contribution in [2.75, 3.05) is 0 Å². The van der Waals surface area contributed by atoms with Crippen LogP contribution in [0.5, 0.6) is 5.88 Å². The van der Waals surface area contributed by atoms with E-state index in [4.69, 9.17) is 10.8 Å². The van der Waals surface area contributed by atoms with Crippen molar-refractivity contribution in [3.05, 3.63) is 22.9 Å². The molecule has 1 aromatic rings. The number of ether oxygens (including phenoxy) is 1. The molecular weight excluding hydrogens is 225 g/mol. The Hall–Kier alpha value is -1.34. The Balaban J connectivity index is 3.12. The Bertz CT molecular complexity index is 355. The van der Waals surface area contributed by atoms with E-state index in [-0.39, 0.29) is 12.2 Å².